The van der Waals surface area contributed by atoms with Crippen LogP contribution in [0.3, 0.4) is 0 Å². The summed E-state index contributed by atoms with van der Waals surface area (Å²) in [5.41, 5.74) is -1.02. The van der Waals surface area contributed by atoms with E-state index >= 15 is 0 Å². The number of carbonyl (C=O) groups excluding carboxylic acids is 1. The number of nitrogens with one attached hydrogen (secondary N) is 1. The standard InChI is InChI=1S/C16H19F4NO5/c1-15(2,3)26-14(24)21-11(13(22)23)7-9-6-10(17)4-5-12(9)25-8-16(18,19)20/h4-6,11H,7-8H2,1-3H3,(H,21,24)(H,22,23). The Labute approximate surface area is 147 Å². The predicted molar refractivity (Wildman–Crippen MR) is 82.4 cm³/mol. The lowest BCUT2D eigenvalue weighted by molar-refractivity contribution is -0.153. The van der Waals surface area contributed by atoms with Crippen LogP contribution >= 0.6 is 0 Å². The van der Waals surface area contributed by atoms with Crippen LogP contribution in [-0.4, -0.2) is 41.6 Å². The van der Waals surface area contributed by atoms with Gasteiger partial charge in [0.1, 0.15) is 23.2 Å². The summed E-state index contributed by atoms with van der Waals surface area (Å²) < 4.78 is 59.9. The largest absolute Gasteiger partial charge is 0.484 e. The molecule has 0 saturated heterocycles. The van der Waals surface area contributed by atoms with Gasteiger partial charge in [0.05, 0.1) is 0 Å². The molecular formula is C16H19F4NO5. The summed E-state index contributed by atoms with van der Waals surface area (Å²) >= 11 is 0. The van der Waals surface area contributed by atoms with Gasteiger partial charge in [0, 0.05) is 6.42 Å². The van der Waals surface area contributed by atoms with E-state index in [9.17, 15) is 32.3 Å². The zero-order chi connectivity index (χ0) is 20.1. The normalized spacial score (nSPS) is 13.0. The molecule has 0 aromatic heterocycles. The topological polar surface area (TPSA) is 84.9 Å². The number of amides is 1. The maximum absolute atomic E-state index is 13.4. The highest BCUT2D eigenvalue weighted by atomic mass is 19.4. The number of carboxylic acid groups (broad SMARTS) is 1. The summed E-state index contributed by atoms with van der Waals surface area (Å²) in [4.78, 5) is 23.1. The number of alkyl halides is 3. The van der Waals surface area contributed by atoms with Crippen LogP contribution in [0, 0.1) is 5.82 Å². The molecule has 26 heavy (non-hydrogen) atoms. The Morgan fingerprint density at radius 2 is 1.85 bits per heavy atom. The lowest BCUT2D eigenvalue weighted by atomic mass is 10.0. The number of hydrogen-bond acceptors (Lipinski definition) is 4. The van der Waals surface area contributed by atoms with Crippen molar-refractivity contribution in [1.29, 1.82) is 0 Å². The molecule has 0 radical (unpaired) electrons. The molecule has 2 N–H and O–H groups in total. The van der Waals surface area contributed by atoms with Crippen molar-refractivity contribution in [3.8, 4) is 5.75 Å². The lowest BCUT2D eigenvalue weighted by Gasteiger charge is -2.22. The van der Waals surface area contributed by atoms with Gasteiger partial charge in [-0.15, -0.1) is 0 Å². The Morgan fingerprint density at radius 1 is 1.23 bits per heavy atom. The quantitative estimate of drug-likeness (QED) is 0.739. The molecule has 1 unspecified atom stereocenters. The molecule has 10 heteroatoms. The number of alkyl carbamates (subject to hydrolysis) is 1. The second-order valence-electron chi connectivity index (χ2n) is 6.40. The molecule has 0 spiro atoms. The molecule has 1 amide bonds. The van der Waals surface area contributed by atoms with Gasteiger partial charge in [0.25, 0.3) is 0 Å². The lowest BCUT2D eigenvalue weighted by Crippen LogP contribution is -2.44. The number of benzene rings is 1. The fourth-order valence-electron chi connectivity index (χ4n) is 1.88. The highest BCUT2D eigenvalue weighted by Crippen LogP contribution is 2.24. The van der Waals surface area contributed by atoms with Gasteiger partial charge < -0.3 is 19.9 Å². The minimum absolute atomic E-state index is 0.141. The summed E-state index contributed by atoms with van der Waals surface area (Å²) in [6.07, 6.45) is -6.15. The Balaban J connectivity index is 2.95. The smallest absolute Gasteiger partial charge is 0.422 e. The minimum Gasteiger partial charge on any atom is -0.484 e. The molecule has 0 heterocycles. The highest BCUT2D eigenvalue weighted by molar-refractivity contribution is 5.80. The van der Waals surface area contributed by atoms with Crippen LogP contribution in [0.4, 0.5) is 22.4 Å². The van der Waals surface area contributed by atoms with E-state index in [0.717, 1.165) is 18.2 Å². The van der Waals surface area contributed by atoms with Gasteiger partial charge in [0.15, 0.2) is 6.61 Å². The molecule has 1 rings (SSSR count). The van der Waals surface area contributed by atoms with Crippen LogP contribution in [0.2, 0.25) is 0 Å². The van der Waals surface area contributed by atoms with Gasteiger partial charge in [-0.2, -0.15) is 13.2 Å². The van der Waals surface area contributed by atoms with Gasteiger partial charge in [-0.05, 0) is 44.5 Å². The zero-order valence-electron chi connectivity index (χ0n) is 14.3. The molecule has 0 aliphatic heterocycles. The van der Waals surface area contributed by atoms with Gasteiger partial charge in [-0.25, -0.2) is 14.0 Å². The molecule has 1 aromatic rings. The Hall–Kier alpha value is -2.52. The molecule has 1 aromatic carbocycles. The van der Waals surface area contributed by atoms with Gasteiger partial charge in [-0.3, -0.25) is 0 Å². The minimum atomic E-state index is -4.62. The van der Waals surface area contributed by atoms with Crippen molar-refractivity contribution in [2.75, 3.05) is 6.61 Å². The maximum atomic E-state index is 13.4. The first kappa shape index (κ1) is 21.5. The summed E-state index contributed by atoms with van der Waals surface area (Å²) in [5, 5.41) is 11.3. The third-order valence-electron chi connectivity index (χ3n) is 2.83. The predicted octanol–water partition coefficient (Wildman–Crippen LogP) is 3.29. The van der Waals surface area contributed by atoms with Crippen LogP contribution in [-0.2, 0) is 16.0 Å². The molecule has 0 aliphatic carbocycles. The van der Waals surface area contributed by atoms with Crippen molar-refractivity contribution >= 4 is 12.1 Å². The molecule has 0 saturated carbocycles. The molecule has 0 bridgehead atoms. The van der Waals surface area contributed by atoms with Crippen LogP contribution < -0.4 is 10.1 Å². The number of aliphatic carboxylic acids is 1. The number of halogens is 4. The first-order chi connectivity index (χ1) is 11.8. The monoisotopic (exact) mass is 381 g/mol. The number of carbonyl (C=O) groups is 2. The van der Waals surface area contributed by atoms with E-state index in [1.165, 1.54) is 0 Å². The van der Waals surface area contributed by atoms with Crippen LogP contribution in [0.15, 0.2) is 18.2 Å². The van der Waals surface area contributed by atoms with E-state index in [0.29, 0.717) is 0 Å². The molecule has 0 fully saturated rings. The summed E-state index contributed by atoms with van der Waals surface area (Å²) in [5.74, 6) is -2.59. The first-order valence-corrected chi connectivity index (χ1v) is 7.47. The van der Waals surface area contributed by atoms with Crippen molar-refractivity contribution in [3.63, 3.8) is 0 Å². The van der Waals surface area contributed by atoms with Crippen molar-refractivity contribution in [2.45, 2.75) is 45.0 Å². The number of rotatable bonds is 6. The van der Waals surface area contributed by atoms with Crippen molar-refractivity contribution in [1.82, 2.24) is 5.32 Å². The van der Waals surface area contributed by atoms with Crippen LogP contribution in [0.25, 0.3) is 0 Å². The molecular weight excluding hydrogens is 362 g/mol. The highest BCUT2D eigenvalue weighted by Gasteiger charge is 2.30. The molecule has 146 valence electrons. The third-order valence-corrected chi connectivity index (χ3v) is 2.83. The van der Waals surface area contributed by atoms with Gasteiger partial charge in [-0.1, -0.05) is 0 Å². The van der Waals surface area contributed by atoms with Crippen LogP contribution in [0.1, 0.15) is 26.3 Å². The molecule has 6 nitrogen and oxygen atoms in total. The summed E-state index contributed by atoms with van der Waals surface area (Å²) in [7, 11) is 0. The SMILES string of the molecule is CC(C)(C)OC(=O)NC(Cc1cc(F)ccc1OCC(F)(F)F)C(=O)O. The third kappa shape index (κ3) is 8.04. The summed E-state index contributed by atoms with van der Waals surface area (Å²) in [6, 6.07) is 1.13. The van der Waals surface area contributed by atoms with E-state index in [1.54, 1.807) is 20.8 Å². The van der Waals surface area contributed by atoms with Crippen molar-refractivity contribution in [2.24, 2.45) is 0 Å². The Kier molecular flexibility index (Phi) is 6.82. The average Bonchev–Trinajstić information content (AvgIpc) is 2.42. The number of ether oxygens (including phenoxy) is 2. The average molecular weight is 381 g/mol. The fraction of sp³-hybridized carbons (Fsp3) is 0.500. The van der Waals surface area contributed by atoms with Gasteiger partial charge >= 0.3 is 18.2 Å². The van der Waals surface area contributed by atoms with E-state index in [2.05, 4.69) is 10.1 Å². The summed E-state index contributed by atoms with van der Waals surface area (Å²) in [6.45, 7) is 3.08. The van der Waals surface area contributed by atoms with Crippen molar-refractivity contribution < 1.29 is 41.7 Å². The van der Waals surface area contributed by atoms with E-state index in [-0.39, 0.29) is 11.3 Å². The maximum Gasteiger partial charge on any atom is 0.422 e. The van der Waals surface area contributed by atoms with E-state index in [4.69, 9.17) is 4.74 Å². The van der Waals surface area contributed by atoms with Crippen LogP contribution in [0.5, 0.6) is 5.75 Å². The van der Waals surface area contributed by atoms with E-state index < -0.39 is 48.7 Å². The fourth-order valence-corrected chi connectivity index (χ4v) is 1.88. The molecule has 0 aliphatic rings. The number of hydrogen-bond donors (Lipinski definition) is 2. The van der Waals surface area contributed by atoms with Gasteiger partial charge in [0.2, 0.25) is 0 Å². The van der Waals surface area contributed by atoms with Crippen molar-refractivity contribution in [3.05, 3.63) is 29.6 Å². The second-order valence-corrected chi connectivity index (χ2v) is 6.40. The first-order valence-electron chi connectivity index (χ1n) is 7.47. The zero-order valence-corrected chi connectivity index (χ0v) is 14.3. The second kappa shape index (κ2) is 8.24. The Morgan fingerprint density at radius 3 is 2.35 bits per heavy atom. The number of carboxylic acids is 1. The van der Waals surface area contributed by atoms with E-state index in [1.807, 2.05) is 0 Å². The Bertz CT molecular complexity index is 655. The molecule has 1 atom stereocenters.